The van der Waals surface area contributed by atoms with E-state index in [2.05, 4.69) is 5.32 Å². The number of aliphatic hydroxyl groups excluding tert-OH is 1. The molecule has 8 nitrogen and oxygen atoms in total. The molecular weight excluding hydrogens is 400 g/mol. The van der Waals surface area contributed by atoms with Gasteiger partial charge in [-0.3, -0.25) is 9.59 Å². The molecule has 3 atom stereocenters. The second kappa shape index (κ2) is 9.04. The molecule has 1 aromatic carbocycles. The van der Waals surface area contributed by atoms with Crippen molar-refractivity contribution < 1.29 is 28.9 Å². The molecule has 2 amide bonds. The lowest BCUT2D eigenvalue weighted by Gasteiger charge is -2.37. The number of carbonyl (C=O) groups is 2. The van der Waals surface area contributed by atoms with Gasteiger partial charge in [0.25, 0.3) is 0 Å². The van der Waals surface area contributed by atoms with Crippen molar-refractivity contribution in [3.63, 3.8) is 0 Å². The predicted molar refractivity (Wildman–Crippen MR) is 114 cm³/mol. The summed E-state index contributed by atoms with van der Waals surface area (Å²) in [5, 5.41) is 13.9. The molecule has 2 saturated heterocycles. The van der Waals surface area contributed by atoms with E-state index < -0.39 is 12.0 Å². The van der Waals surface area contributed by atoms with Crippen molar-refractivity contribution in [2.45, 2.75) is 38.2 Å². The average molecular weight is 433 g/mol. The number of anilines is 1. The number of nitrogens with zero attached hydrogens (tertiary/aromatic N) is 1. The van der Waals surface area contributed by atoms with Gasteiger partial charge in [0, 0.05) is 50.1 Å². The van der Waals surface area contributed by atoms with Gasteiger partial charge in [0.05, 0.1) is 31.9 Å². The normalized spacial score (nSPS) is 27.5. The minimum Gasteiger partial charge on any atom is -0.497 e. The highest BCUT2D eigenvalue weighted by Gasteiger charge is 2.48. The largest absolute Gasteiger partial charge is 0.497 e. The quantitative estimate of drug-likeness (QED) is 0.711. The summed E-state index contributed by atoms with van der Waals surface area (Å²) in [6, 6.07) is 5.27. The first kappa shape index (κ1) is 21.9. The summed E-state index contributed by atoms with van der Waals surface area (Å²) in [5.41, 5.74) is 0.547. The molecule has 1 aliphatic carbocycles. The Bertz CT molecular complexity index is 822. The Labute approximate surface area is 182 Å². The summed E-state index contributed by atoms with van der Waals surface area (Å²) in [6.45, 7) is 2.13. The molecule has 1 aromatic rings. The number of aliphatic hydroxyl groups is 1. The van der Waals surface area contributed by atoms with Gasteiger partial charge in [0.15, 0.2) is 0 Å². The third-order valence-electron chi connectivity index (χ3n) is 7.29. The van der Waals surface area contributed by atoms with E-state index >= 15 is 0 Å². The first-order chi connectivity index (χ1) is 15.0. The summed E-state index contributed by atoms with van der Waals surface area (Å²) < 4.78 is 16.1. The second-order valence-electron chi connectivity index (χ2n) is 8.91. The van der Waals surface area contributed by atoms with Gasteiger partial charge < -0.3 is 29.5 Å². The summed E-state index contributed by atoms with van der Waals surface area (Å²) in [5.74, 6) is 0.541. The van der Waals surface area contributed by atoms with E-state index in [1.54, 1.807) is 37.3 Å². The maximum absolute atomic E-state index is 12.8. The van der Waals surface area contributed by atoms with Crippen LogP contribution < -0.4 is 19.7 Å². The van der Waals surface area contributed by atoms with Gasteiger partial charge in [-0.05, 0) is 37.8 Å². The Morgan fingerprint density at radius 1 is 1.26 bits per heavy atom. The minimum atomic E-state index is -0.431. The molecule has 0 radical (unpaired) electrons. The van der Waals surface area contributed by atoms with Crippen molar-refractivity contribution in [1.29, 1.82) is 0 Å². The van der Waals surface area contributed by atoms with Gasteiger partial charge in [-0.15, -0.1) is 0 Å². The fraction of sp³-hybridized carbons (Fsp3) is 0.652. The molecule has 3 aliphatic rings. The maximum Gasteiger partial charge on any atom is 0.227 e. The van der Waals surface area contributed by atoms with Crippen LogP contribution in [-0.4, -0.2) is 63.5 Å². The molecule has 2 heterocycles. The Kier molecular flexibility index (Phi) is 6.39. The molecular formula is C23H32N2O6. The highest BCUT2D eigenvalue weighted by atomic mass is 16.5. The van der Waals surface area contributed by atoms with Crippen LogP contribution in [0.5, 0.6) is 11.5 Å². The number of hydrogen-bond acceptors (Lipinski definition) is 6. The Hall–Kier alpha value is -2.32. The van der Waals surface area contributed by atoms with E-state index in [4.69, 9.17) is 14.2 Å². The van der Waals surface area contributed by atoms with Crippen LogP contribution in [0.25, 0.3) is 0 Å². The Morgan fingerprint density at radius 3 is 2.74 bits per heavy atom. The lowest BCUT2D eigenvalue weighted by atomic mass is 9.76. The second-order valence-corrected chi connectivity index (χ2v) is 8.91. The highest BCUT2D eigenvalue weighted by Crippen LogP contribution is 2.48. The molecule has 0 aromatic heterocycles. The van der Waals surface area contributed by atoms with Gasteiger partial charge in [0.1, 0.15) is 11.5 Å². The highest BCUT2D eigenvalue weighted by molar-refractivity contribution is 6.01. The van der Waals surface area contributed by atoms with Crippen LogP contribution in [0.4, 0.5) is 5.69 Å². The molecule has 2 N–H and O–H groups in total. The summed E-state index contributed by atoms with van der Waals surface area (Å²) in [6.07, 6.45) is 3.38. The van der Waals surface area contributed by atoms with E-state index in [0.717, 1.165) is 25.7 Å². The fourth-order valence-corrected chi connectivity index (χ4v) is 5.32. The van der Waals surface area contributed by atoms with E-state index in [1.807, 2.05) is 0 Å². The molecule has 3 fully saturated rings. The van der Waals surface area contributed by atoms with E-state index in [0.29, 0.717) is 43.5 Å². The zero-order valence-corrected chi connectivity index (χ0v) is 18.3. The maximum atomic E-state index is 12.8. The number of carbonyl (C=O) groups excluding carboxylic acids is 2. The number of benzene rings is 1. The summed E-state index contributed by atoms with van der Waals surface area (Å²) in [4.78, 5) is 27.1. The van der Waals surface area contributed by atoms with E-state index in [-0.39, 0.29) is 29.6 Å². The lowest BCUT2D eigenvalue weighted by molar-refractivity contribution is -0.126. The fourth-order valence-electron chi connectivity index (χ4n) is 5.32. The molecule has 1 saturated carbocycles. The third kappa shape index (κ3) is 4.23. The number of amides is 2. The van der Waals surface area contributed by atoms with Gasteiger partial charge in [-0.1, -0.05) is 0 Å². The third-order valence-corrected chi connectivity index (χ3v) is 7.29. The molecule has 0 unspecified atom stereocenters. The van der Waals surface area contributed by atoms with Crippen molar-refractivity contribution in [1.82, 2.24) is 5.32 Å². The zero-order valence-electron chi connectivity index (χ0n) is 18.3. The average Bonchev–Trinajstić information content (AvgIpc) is 3.32. The van der Waals surface area contributed by atoms with Crippen molar-refractivity contribution in [3.05, 3.63) is 18.2 Å². The van der Waals surface area contributed by atoms with Crippen LogP contribution in [0, 0.1) is 17.3 Å². The molecule has 4 rings (SSSR count). The Balaban J connectivity index is 1.36. The zero-order chi connectivity index (χ0) is 22.0. The molecule has 1 spiro atoms. The van der Waals surface area contributed by atoms with Crippen molar-refractivity contribution in [2.75, 3.05) is 45.4 Å². The van der Waals surface area contributed by atoms with Crippen molar-refractivity contribution >= 4 is 17.5 Å². The number of rotatable bonds is 6. The molecule has 170 valence electrons. The smallest absolute Gasteiger partial charge is 0.227 e. The van der Waals surface area contributed by atoms with Crippen LogP contribution in [-0.2, 0) is 14.3 Å². The number of ether oxygens (including phenoxy) is 3. The number of nitrogens with one attached hydrogen (secondary N) is 1. The first-order valence-corrected chi connectivity index (χ1v) is 11.0. The number of hydrogen-bond donors (Lipinski definition) is 2. The van der Waals surface area contributed by atoms with Crippen LogP contribution in [0.1, 0.15) is 32.1 Å². The Morgan fingerprint density at radius 2 is 2.03 bits per heavy atom. The standard InChI is InChI=1S/C23H32N2O6/c1-29-17-3-4-19(30-2)18(12-17)25-14-16(11-20(25)26)22(28)24-13-15-5-6-23(21(15)27)7-9-31-10-8-23/h3-4,12,15-16,21,27H,5-11,13-14H2,1-2H3,(H,24,28)/t15-,16+,21+/m0/s1. The van der Waals surface area contributed by atoms with Crippen molar-refractivity contribution in [2.24, 2.45) is 17.3 Å². The molecule has 31 heavy (non-hydrogen) atoms. The van der Waals surface area contributed by atoms with Gasteiger partial charge in [-0.2, -0.15) is 0 Å². The van der Waals surface area contributed by atoms with E-state index in [1.165, 1.54) is 0 Å². The van der Waals surface area contributed by atoms with Crippen LogP contribution in [0.3, 0.4) is 0 Å². The summed E-state index contributed by atoms with van der Waals surface area (Å²) >= 11 is 0. The topological polar surface area (TPSA) is 97.3 Å². The minimum absolute atomic E-state index is 0.0498. The van der Waals surface area contributed by atoms with Gasteiger partial charge in [-0.25, -0.2) is 0 Å². The SMILES string of the molecule is COc1ccc(OC)c(N2C[C@H](C(=O)NC[C@@H]3CCC4(CCOCC4)[C@@H]3O)CC2=O)c1. The molecule has 0 bridgehead atoms. The first-order valence-electron chi connectivity index (χ1n) is 11.0. The molecule has 8 heteroatoms. The van der Waals surface area contributed by atoms with Crippen LogP contribution in [0.15, 0.2) is 18.2 Å². The van der Waals surface area contributed by atoms with Crippen LogP contribution >= 0.6 is 0 Å². The number of methoxy groups -OCH3 is 2. The molecule has 2 aliphatic heterocycles. The van der Waals surface area contributed by atoms with E-state index in [9.17, 15) is 14.7 Å². The monoisotopic (exact) mass is 432 g/mol. The van der Waals surface area contributed by atoms with Gasteiger partial charge in [0.2, 0.25) is 11.8 Å². The van der Waals surface area contributed by atoms with Crippen LogP contribution in [0.2, 0.25) is 0 Å². The van der Waals surface area contributed by atoms with Gasteiger partial charge >= 0.3 is 0 Å². The predicted octanol–water partition coefficient (Wildman–Crippen LogP) is 1.74. The summed E-state index contributed by atoms with van der Waals surface area (Å²) in [7, 11) is 3.11. The lowest BCUT2D eigenvalue weighted by Crippen LogP contribution is -2.43. The van der Waals surface area contributed by atoms with Crippen molar-refractivity contribution in [3.8, 4) is 11.5 Å².